The molecule has 7 heteroatoms. The van der Waals surface area contributed by atoms with Gasteiger partial charge in [0.05, 0.1) is 12.5 Å². The van der Waals surface area contributed by atoms with E-state index in [1.54, 1.807) is 42.7 Å². The van der Waals surface area contributed by atoms with E-state index in [-0.39, 0.29) is 12.5 Å². The lowest BCUT2D eigenvalue weighted by molar-refractivity contribution is -0.118. The summed E-state index contributed by atoms with van der Waals surface area (Å²) in [4.78, 5) is 23.3. The first-order valence-corrected chi connectivity index (χ1v) is 9.88. The molecule has 6 nitrogen and oxygen atoms in total. The van der Waals surface area contributed by atoms with Crippen molar-refractivity contribution in [1.29, 1.82) is 0 Å². The second-order valence-electron chi connectivity index (χ2n) is 6.49. The van der Waals surface area contributed by atoms with Crippen LogP contribution in [0.4, 0.5) is 5.69 Å². The van der Waals surface area contributed by atoms with E-state index in [9.17, 15) is 4.79 Å². The molecule has 0 bridgehead atoms. The van der Waals surface area contributed by atoms with Crippen LogP contribution in [0.2, 0.25) is 0 Å². The van der Waals surface area contributed by atoms with Crippen molar-refractivity contribution in [2.24, 2.45) is 0 Å². The largest absolute Gasteiger partial charge is 0.497 e. The van der Waals surface area contributed by atoms with Crippen LogP contribution in [-0.2, 0) is 17.6 Å². The third-order valence-electron chi connectivity index (χ3n) is 4.68. The number of methoxy groups -OCH3 is 1. The number of aromatic nitrogens is 2. The minimum atomic E-state index is -0.228. The van der Waals surface area contributed by atoms with Crippen molar-refractivity contribution in [2.45, 2.75) is 32.1 Å². The van der Waals surface area contributed by atoms with E-state index < -0.39 is 0 Å². The van der Waals surface area contributed by atoms with Crippen molar-refractivity contribution >= 4 is 33.1 Å². The minimum absolute atomic E-state index is 0.0945. The van der Waals surface area contributed by atoms with Gasteiger partial charge in [-0.25, -0.2) is 9.97 Å². The third kappa shape index (κ3) is 3.88. The zero-order chi connectivity index (χ0) is 18.6. The number of hydrogen-bond donors (Lipinski definition) is 1. The topological polar surface area (TPSA) is 73.3 Å². The van der Waals surface area contributed by atoms with Gasteiger partial charge in [0.1, 0.15) is 16.9 Å². The Morgan fingerprint density at radius 1 is 1.15 bits per heavy atom. The highest BCUT2D eigenvalue weighted by atomic mass is 32.1. The molecule has 2 aromatic heterocycles. The monoisotopic (exact) mass is 383 g/mol. The van der Waals surface area contributed by atoms with Crippen LogP contribution in [0.5, 0.6) is 11.6 Å². The Balaban J connectivity index is 1.48. The fraction of sp³-hybridized carbons (Fsp3) is 0.350. The van der Waals surface area contributed by atoms with Crippen LogP contribution in [0.1, 0.15) is 29.7 Å². The molecule has 1 amide bonds. The van der Waals surface area contributed by atoms with Crippen molar-refractivity contribution in [3.05, 3.63) is 41.0 Å². The van der Waals surface area contributed by atoms with Gasteiger partial charge in [0.2, 0.25) is 5.88 Å². The number of hydrogen-bond acceptors (Lipinski definition) is 6. The molecule has 0 saturated carbocycles. The van der Waals surface area contributed by atoms with Gasteiger partial charge in [0, 0.05) is 10.6 Å². The summed E-state index contributed by atoms with van der Waals surface area (Å²) in [5.74, 6) is 1.02. The Morgan fingerprint density at radius 3 is 2.78 bits per heavy atom. The van der Waals surface area contributed by atoms with Crippen LogP contribution in [-0.4, -0.2) is 29.6 Å². The first-order chi connectivity index (χ1) is 13.2. The zero-order valence-electron chi connectivity index (χ0n) is 15.2. The summed E-state index contributed by atoms with van der Waals surface area (Å²) >= 11 is 1.72. The summed E-state index contributed by atoms with van der Waals surface area (Å²) < 4.78 is 10.9. The average molecular weight is 383 g/mol. The van der Waals surface area contributed by atoms with E-state index in [0.717, 1.165) is 28.8 Å². The molecule has 0 aliphatic heterocycles. The van der Waals surface area contributed by atoms with Crippen LogP contribution in [0.3, 0.4) is 0 Å². The predicted octanol–water partition coefficient (Wildman–Crippen LogP) is 3.99. The Labute approximate surface area is 161 Å². The van der Waals surface area contributed by atoms with Gasteiger partial charge in [0.15, 0.2) is 6.61 Å². The predicted molar refractivity (Wildman–Crippen MR) is 106 cm³/mol. The SMILES string of the molecule is COc1ccc(NC(=O)COc2ncnc3sc4c(c23)CCCCC4)cc1. The summed E-state index contributed by atoms with van der Waals surface area (Å²) in [6.07, 6.45) is 7.26. The molecule has 0 fully saturated rings. The summed E-state index contributed by atoms with van der Waals surface area (Å²) in [6.45, 7) is -0.0945. The van der Waals surface area contributed by atoms with Gasteiger partial charge in [0.25, 0.3) is 5.91 Å². The number of amides is 1. The minimum Gasteiger partial charge on any atom is -0.497 e. The quantitative estimate of drug-likeness (QED) is 0.675. The Bertz CT molecular complexity index is 953. The van der Waals surface area contributed by atoms with E-state index in [1.807, 2.05) is 0 Å². The maximum absolute atomic E-state index is 12.3. The van der Waals surface area contributed by atoms with Crippen molar-refractivity contribution in [3.63, 3.8) is 0 Å². The second kappa shape index (κ2) is 7.92. The molecule has 0 radical (unpaired) electrons. The highest BCUT2D eigenvalue weighted by Gasteiger charge is 2.20. The van der Waals surface area contributed by atoms with Crippen molar-refractivity contribution in [2.75, 3.05) is 19.0 Å². The van der Waals surface area contributed by atoms with Crippen LogP contribution >= 0.6 is 11.3 Å². The lowest BCUT2D eigenvalue weighted by Crippen LogP contribution is -2.20. The van der Waals surface area contributed by atoms with Gasteiger partial charge in [-0.1, -0.05) is 6.42 Å². The third-order valence-corrected chi connectivity index (χ3v) is 5.88. The maximum atomic E-state index is 12.3. The molecule has 1 aliphatic rings. The summed E-state index contributed by atoms with van der Waals surface area (Å²) in [7, 11) is 1.61. The zero-order valence-corrected chi connectivity index (χ0v) is 16.0. The van der Waals surface area contributed by atoms with E-state index in [2.05, 4.69) is 15.3 Å². The van der Waals surface area contributed by atoms with Crippen molar-refractivity contribution in [1.82, 2.24) is 9.97 Å². The molecule has 0 spiro atoms. The number of benzene rings is 1. The molecular weight excluding hydrogens is 362 g/mol. The second-order valence-corrected chi connectivity index (χ2v) is 7.57. The number of carbonyl (C=O) groups is 1. The molecule has 1 aliphatic carbocycles. The molecular formula is C20H21N3O3S. The smallest absolute Gasteiger partial charge is 0.262 e. The number of thiophene rings is 1. The van der Waals surface area contributed by atoms with E-state index in [1.165, 1.54) is 36.0 Å². The molecule has 0 unspecified atom stereocenters. The first-order valence-electron chi connectivity index (χ1n) is 9.06. The highest BCUT2D eigenvalue weighted by Crippen LogP contribution is 2.38. The Kier molecular flexibility index (Phi) is 5.20. The molecule has 1 N–H and O–H groups in total. The number of rotatable bonds is 5. The number of fused-ring (bicyclic) bond motifs is 3. The fourth-order valence-electron chi connectivity index (χ4n) is 3.35. The molecule has 4 rings (SSSR count). The molecule has 140 valence electrons. The average Bonchev–Trinajstić information content (AvgIpc) is 2.89. The van der Waals surface area contributed by atoms with Gasteiger partial charge in [-0.05, 0) is 55.5 Å². The normalized spacial score (nSPS) is 13.7. The summed E-state index contributed by atoms with van der Waals surface area (Å²) in [5.41, 5.74) is 2.00. The van der Waals surface area contributed by atoms with Crippen LogP contribution < -0.4 is 14.8 Å². The van der Waals surface area contributed by atoms with E-state index in [0.29, 0.717) is 11.6 Å². The Hall–Kier alpha value is -2.67. The maximum Gasteiger partial charge on any atom is 0.262 e. The lowest BCUT2D eigenvalue weighted by Gasteiger charge is -2.09. The number of aryl methyl sites for hydroxylation is 2. The fourth-order valence-corrected chi connectivity index (χ4v) is 4.57. The molecule has 0 atom stereocenters. The number of ether oxygens (including phenoxy) is 2. The molecule has 2 heterocycles. The standard InChI is InChI=1S/C20H21N3O3S/c1-25-14-9-7-13(8-10-14)23-17(24)11-26-19-18-15-5-3-2-4-6-16(15)27-20(18)22-12-21-19/h7-10,12H,2-6,11H2,1H3,(H,23,24). The van der Waals surface area contributed by atoms with Gasteiger partial charge < -0.3 is 14.8 Å². The molecule has 3 aromatic rings. The number of nitrogens with zero attached hydrogens (tertiary/aromatic N) is 2. The van der Waals surface area contributed by atoms with Crippen LogP contribution in [0.25, 0.3) is 10.2 Å². The number of anilines is 1. The van der Waals surface area contributed by atoms with E-state index >= 15 is 0 Å². The van der Waals surface area contributed by atoms with Crippen LogP contribution in [0, 0.1) is 0 Å². The lowest BCUT2D eigenvalue weighted by atomic mass is 10.1. The van der Waals surface area contributed by atoms with Gasteiger partial charge in [-0.15, -0.1) is 11.3 Å². The molecule has 27 heavy (non-hydrogen) atoms. The summed E-state index contributed by atoms with van der Waals surface area (Å²) in [5, 5.41) is 3.80. The van der Waals surface area contributed by atoms with E-state index in [4.69, 9.17) is 9.47 Å². The molecule has 1 aromatic carbocycles. The number of nitrogens with one attached hydrogen (secondary N) is 1. The highest BCUT2D eigenvalue weighted by molar-refractivity contribution is 7.18. The van der Waals surface area contributed by atoms with Crippen molar-refractivity contribution in [3.8, 4) is 11.6 Å². The number of carbonyl (C=O) groups excluding carboxylic acids is 1. The first kappa shape index (κ1) is 17.7. The molecule has 0 saturated heterocycles. The van der Waals surface area contributed by atoms with Gasteiger partial charge in [-0.2, -0.15) is 0 Å². The Morgan fingerprint density at radius 2 is 1.96 bits per heavy atom. The summed E-state index contributed by atoms with van der Waals surface area (Å²) in [6, 6.07) is 7.17. The van der Waals surface area contributed by atoms with Crippen LogP contribution in [0.15, 0.2) is 30.6 Å². The van der Waals surface area contributed by atoms with Gasteiger partial charge in [-0.3, -0.25) is 4.79 Å². The van der Waals surface area contributed by atoms with Crippen molar-refractivity contribution < 1.29 is 14.3 Å². The van der Waals surface area contributed by atoms with Gasteiger partial charge >= 0.3 is 0 Å².